The third kappa shape index (κ3) is 10.2. The van der Waals surface area contributed by atoms with Crippen LogP contribution in [0.15, 0.2) is 11.6 Å². The smallest absolute Gasteiger partial charge is 0.223 e. The van der Waals surface area contributed by atoms with E-state index < -0.39 is 0 Å². The highest BCUT2D eigenvalue weighted by molar-refractivity contribution is 8.76. The van der Waals surface area contributed by atoms with Crippen LogP contribution in [-0.4, -0.2) is 46.0 Å². The number of carbonyl (C=O) groups is 1. The molecule has 4 N–H and O–H groups in total. The van der Waals surface area contributed by atoms with Gasteiger partial charge in [0.1, 0.15) is 0 Å². The van der Waals surface area contributed by atoms with Crippen LogP contribution in [0.4, 0.5) is 0 Å². The number of allylic oxidation sites excluding steroid dienone is 2. The maximum Gasteiger partial charge on any atom is 0.223 e. The van der Waals surface area contributed by atoms with E-state index in [0.29, 0.717) is 35.6 Å². The molecule has 0 aliphatic heterocycles. The molecule has 0 radical (unpaired) electrons. The Morgan fingerprint density at radius 3 is 2.30 bits per heavy atom. The van der Waals surface area contributed by atoms with Gasteiger partial charge in [-0.15, -0.1) is 0 Å². The van der Waals surface area contributed by atoms with Gasteiger partial charge in [0.25, 0.3) is 0 Å². The second kappa shape index (κ2) is 16.4. The van der Waals surface area contributed by atoms with E-state index in [1.54, 1.807) is 5.57 Å². The molecule has 3 fully saturated rings. The molecule has 47 heavy (non-hydrogen) atoms. The van der Waals surface area contributed by atoms with E-state index in [1.807, 2.05) is 43.4 Å². The summed E-state index contributed by atoms with van der Waals surface area (Å²) in [6, 6.07) is 0. The third-order valence-corrected chi connectivity index (χ3v) is 16.8. The summed E-state index contributed by atoms with van der Waals surface area (Å²) in [5, 5.41) is 0.681. The first-order valence-corrected chi connectivity index (χ1v) is 22.2. The highest BCUT2D eigenvalue weighted by Crippen LogP contribution is 2.67. The first-order chi connectivity index (χ1) is 22.0. The Morgan fingerprint density at radius 1 is 1.00 bits per heavy atom. The summed E-state index contributed by atoms with van der Waals surface area (Å²) in [7, 11) is 3.99. The largest absolute Gasteiger partial charge is 0.343 e. The summed E-state index contributed by atoms with van der Waals surface area (Å²) >= 11 is 0. The molecule has 0 heterocycles. The van der Waals surface area contributed by atoms with Gasteiger partial charge in [0.15, 0.2) is 0 Å². The van der Waals surface area contributed by atoms with Gasteiger partial charge in [-0.2, -0.15) is 0 Å². The molecule has 0 aromatic heterocycles. The Morgan fingerprint density at radius 2 is 1.68 bits per heavy atom. The van der Waals surface area contributed by atoms with Gasteiger partial charge in [0, 0.05) is 41.6 Å². The summed E-state index contributed by atoms with van der Waals surface area (Å²) in [5.74, 6) is 6.58. The summed E-state index contributed by atoms with van der Waals surface area (Å²) in [6.45, 7) is 22.2. The quantitative estimate of drug-likeness (QED) is 0.0903. The van der Waals surface area contributed by atoms with Crippen molar-refractivity contribution in [2.45, 2.75) is 175 Å². The fourth-order valence-electron chi connectivity index (χ4n) is 10.6. The van der Waals surface area contributed by atoms with Gasteiger partial charge in [-0.25, -0.2) is 0 Å². The Bertz CT molecular complexity index is 1030. The Kier molecular flexibility index (Phi) is 13.9. The van der Waals surface area contributed by atoms with E-state index in [-0.39, 0.29) is 17.0 Å². The number of carbonyl (C=O) groups excluding carboxylic acids is 1. The SMILES string of the molecule is CC[C@H](CCCC1CCC2C3CC=C4CC(SSCCC(=O)N(CCC(C)(C)N)CCC(C)(C)N)CCC4(C)C3CCC12C)C(C)C. The summed E-state index contributed by atoms with van der Waals surface area (Å²) < 4.78 is 0. The zero-order chi connectivity index (χ0) is 34.6. The standard InChI is InChI=1S/C41H75N3OS2/c1-10-30(29(2)3)12-11-13-31-15-17-35-34-16-14-32-28-33(18-21-41(32,9)36(34)19-22-40(31,35)8)47-46-27-20-37(45)44(25-23-38(4,5)42)26-24-39(6,7)43/h14,29-31,33-36H,10-13,15-28,42-43H2,1-9H3/t30-,31?,33?,34?,35?,36?,40?,41?/m1/s1. The van der Waals surface area contributed by atoms with E-state index in [1.165, 1.54) is 77.0 Å². The van der Waals surface area contributed by atoms with Crippen LogP contribution in [0, 0.1) is 46.3 Å². The van der Waals surface area contributed by atoms with Crippen molar-refractivity contribution >= 4 is 27.5 Å². The number of nitrogens with zero attached hydrogens (tertiary/aromatic N) is 1. The van der Waals surface area contributed by atoms with Crippen LogP contribution in [0.25, 0.3) is 0 Å². The Labute approximate surface area is 299 Å². The van der Waals surface area contributed by atoms with E-state index in [9.17, 15) is 4.79 Å². The molecular weight excluding hydrogens is 615 g/mol. The van der Waals surface area contributed by atoms with Gasteiger partial charge in [-0.1, -0.05) is 87.1 Å². The molecule has 8 atom stereocenters. The van der Waals surface area contributed by atoms with Crippen LogP contribution in [-0.2, 0) is 4.79 Å². The number of fused-ring (bicyclic) bond motifs is 5. The Balaban J connectivity index is 1.26. The molecule has 0 saturated heterocycles. The van der Waals surface area contributed by atoms with Crippen LogP contribution in [0.1, 0.15) is 159 Å². The molecule has 4 aliphatic carbocycles. The maximum atomic E-state index is 13.2. The second-order valence-electron chi connectivity index (χ2n) is 18.8. The molecule has 4 aliphatic rings. The van der Waals surface area contributed by atoms with Crippen molar-refractivity contribution in [1.29, 1.82) is 0 Å². The van der Waals surface area contributed by atoms with Crippen LogP contribution in [0.3, 0.4) is 0 Å². The predicted molar refractivity (Wildman–Crippen MR) is 208 cm³/mol. The third-order valence-electron chi connectivity index (χ3n) is 13.9. The highest BCUT2D eigenvalue weighted by atomic mass is 33.1. The number of amides is 1. The fraction of sp³-hybridized carbons (Fsp3) is 0.927. The normalized spacial score (nSPS) is 33.2. The zero-order valence-corrected chi connectivity index (χ0v) is 33.8. The summed E-state index contributed by atoms with van der Waals surface area (Å²) in [5.41, 5.74) is 14.8. The van der Waals surface area contributed by atoms with Gasteiger partial charge < -0.3 is 16.4 Å². The lowest BCUT2D eigenvalue weighted by atomic mass is 9.47. The number of hydrogen-bond donors (Lipinski definition) is 2. The lowest BCUT2D eigenvalue weighted by molar-refractivity contribution is -0.131. The molecule has 0 spiro atoms. The van der Waals surface area contributed by atoms with Crippen LogP contribution in [0.2, 0.25) is 0 Å². The minimum Gasteiger partial charge on any atom is -0.343 e. The molecule has 3 saturated carbocycles. The fourth-order valence-corrected chi connectivity index (χ4v) is 13.2. The molecule has 272 valence electrons. The van der Waals surface area contributed by atoms with Crippen molar-refractivity contribution < 1.29 is 4.79 Å². The van der Waals surface area contributed by atoms with Gasteiger partial charge in [-0.3, -0.25) is 4.79 Å². The van der Waals surface area contributed by atoms with Crippen molar-refractivity contribution in [3.05, 3.63) is 11.6 Å². The molecule has 0 bridgehead atoms. The molecule has 7 unspecified atom stereocenters. The molecular formula is C41H75N3OS2. The monoisotopic (exact) mass is 690 g/mol. The first-order valence-electron chi connectivity index (χ1n) is 19.8. The highest BCUT2D eigenvalue weighted by Gasteiger charge is 2.58. The average molecular weight is 690 g/mol. The van der Waals surface area contributed by atoms with Crippen molar-refractivity contribution in [3.63, 3.8) is 0 Å². The van der Waals surface area contributed by atoms with E-state index in [4.69, 9.17) is 11.5 Å². The van der Waals surface area contributed by atoms with Crippen LogP contribution < -0.4 is 11.5 Å². The van der Waals surface area contributed by atoms with Gasteiger partial charge >= 0.3 is 0 Å². The minimum atomic E-state index is -0.271. The van der Waals surface area contributed by atoms with Crippen molar-refractivity contribution in [1.82, 2.24) is 4.90 Å². The molecule has 0 aromatic rings. The van der Waals surface area contributed by atoms with Crippen molar-refractivity contribution in [2.24, 2.45) is 57.8 Å². The molecule has 6 heteroatoms. The average Bonchev–Trinajstić information content (AvgIpc) is 3.32. The topological polar surface area (TPSA) is 72.3 Å². The number of rotatable bonds is 17. The molecule has 1 amide bonds. The van der Waals surface area contributed by atoms with Crippen LogP contribution >= 0.6 is 21.6 Å². The summed E-state index contributed by atoms with van der Waals surface area (Å²) in [4.78, 5) is 15.3. The minimum absolute atomic E-state index is 0.253. The lowest BCUT2D eigenvalue weighted by Gasteiger charge is -2.58. The number of hydrogen-bond acceptors (Lipinski definition) is 5. The van der Waals surface area contributed by atoms with E-state index in [0.717, 1.165) is 54.1 Å². The van der Waals surface area contributed by atoms with Crippen molar-refractivity contribution in [2.75, 3.05) is 18.8 Å². The van der Waals surface area contributed by atoms with Gasteiger partial charge in [-0.05, 0) is 145 Å². The summed E-state index contributed by atoms with van der Waals surface area (Å²) in [6.07, 6.45) is 21.8. The van der Waals surface area contributed by atoms with Crippen molar-refractivity contribution in [3.8, 4) is 0 Å². The maximum absolute atomic E-state index is 13.2. The molecule has 4 nitrogen and oxygen atoms in total. The van der Waals surface area contributed by atoms with E-state index >= 15 is 0 Å². The second-order valence-corrected chi connectivity index (χ2v) is 21.6. The lowest BCUT2D eigenvalue weighted by Crippen LogP contribution is -2.50. The predicted octanol–water partition coefficient (Wildman–Crippen LogP) is 10.6. The van der Waals surface area contributed by atoms with E-state index in [2.05, 4.69) is 51.5 Å². The van der Waals surface area contributed by atoms with Gasteiger partial charge in [0.05, 0.1) is 0 Å². The number of nitrogens with two attached hydrogens (primary N) is 2. The van der Waals surface area contributed by atoms with Gasteiger partial charge in [0.2, 0.25) is 5.91 Å². The molecule has 0 aromatic carbocycles. The first kappa shape index (κ1) is 39.6. The molecule has 4 rings (SSSR count). The van der Waals surface area contributed by atoms with Crippen LogP contribution in [0.5, 0.6) is 0 Å². The zero-order valence-electron chi connectivity index (χ0n) is 32.2. The Hall–Kier alpha value is -0.170.